The zero-order chi connectivity index (χ0) is 44.0. The number of hydrogen-bond donors (Lipinski definition) is 6. The molecule has 9 rings (SSSR count). The van der Waals surface area contributed by atoms with E-state index in [1.165, 1.54) is 11.0 Å². The highest BCUT2D eigenvalue weighted by Crippen LogP contribution is 2.63. The van der Waals surface area contributed by atoms with Gasteiger partial charge in [-0.2, -0.15) is 0 Å². The summed E-state index contributed by atoms with van der Waals surface area (Å²) in [4.78, 5) is 81.0. The number of nitrogens with one attached hydrogen (secondary N) is 6. The number of anilines is 3. The molecule has 13 nitrogen and oxygen atoms in total. The smallest absolute Gasteiger partial charge is 0.255 e. The van der Waals surface area contributed by atoms with Crippen molar-refractivity contribution in [2.75, 3.05) is 29.0 Å². The minimum Gasteiger partial charge on any atom is -0.385 e. The first-order chi connectivity index (χ1) is 30.4. The van der Waals surface area contributed by atoms with E-state index in [9.17, 15) is 28.8 Å². The van der Waals surface area contributed by atoms with Crippen LogP contribution in [0.25, 0.3) is 0 Å². The molecule has 6 amide bonds. The first-order valence-electron chi connectivity index (χ1n) is 21.4. The second kappa shape index (κ2) is 17.0. The van der Waals surface area contributed by atoms with Crippen LogP contribution in [0.4, 0.5) is 21.5 Å². The van der Waals surface area contributed by atoms with Gasteiger partial charge in [0.05, 0.1) is 11.1 Å². The lowest BCUT2D eigenvalue weighted by molar-refractivity contribution is -0.137. The molecule has 1 saturated carbocycles. The summed E-state index contributed by atoms with van der Waals surface area (Å²) in [7, 11) is 0. The molecule has 2 saturated heterocycles. The standard InChI is InChI=1S/C47H46Cl2FN7O6/c48-27-14-17-32-35(24-27)54-45(63)47(32)38(30-9-6-10-33(49)39(30)50)40(56-46(47)20-2-1-3-21-46)43(61)53-28-15-12-26(13-16-28)41(59)52-23-5-4-22-51-34-11-7-8-29-31(34)25-57(44(29)62)36-18-19-37(58)55-42(36)60/h6-17,24,36,38,40,51,56H,1-5,18-23,25H2,(H,52,59)(H,53,61)(H,54,63)(H,55,58,60)/t36?,38-,40+,47+/m0/s1. The van der Waals surface area contributed by atoms with Crippen LogP contribution in [0.2, 0.25) is 10.0 Å². The highest BCUT2D eigenvalue weighted by atomic mass is 35.5. The van der Waals surface area contributed by atoms with Crippen LogP contribution in [-0.4, -0.2) is 71.1 Å². The Morgan fingerprint density at radius 2 is 1.63 bits per heavy atom. The molecule has 2 spiro atoms. The van der Waals surface area contributed by atoms with Crippen LogP contribution in [0, 0.1) is 5.82 Å². The van der Waals surface area contributed by atoms with E-state index in [-0.39, 0.29) is 47.2 Å². The van der Waals surface area contributed by atoms with Crippen molar-refractivity contribution < 1.29 is 33.2 Å². The third-order valence-electron chi connectivity index (χ3n) is 13.5. The van der Waals surface area contributed by atoms with Crippen molar-refractivity contribution in [2.24, 2.45) is 0 Å². The number of carbonyl (C=O) groups excluding carboxylic acids is 6. The summed E-state index contributed by atoms with van der Waals surface area (Å²) in [6.45, 7) is 1.27. The van der Waals surface area contributed by atoms with Crippen molar-refractivity contribution in [1.82, 2.24) is 20.9 Å². The topological polar surface area (TPSA) is 178 Å². The van der Waals surface area contributed by atoms with Gasteiger partial charge in [0.25, 0.3) is 11.8 Å². The second-order valence-electron chi connectivity index (χ2n) is 17.0. The molecule has 4 aromatic rings. The Morgan fingerprint density at radius 1 is 0.873 bits per heavy atom. The van der Waals surface area contributed by atoms with Gasteiger partial charge in [0, 0.05) is 76.3 Å². The van der Waals surface area contributed by atoms with Crippen LogP contribution < -0.4 is 31.9 Å². The van der Waals surface area contributed by atoms with E-state index in [1.807, 2.05) is 12.1 Å². The maximum Gasteiger partial charge on any atom is 0.255 e. The maximum absolute atomic E-state index is 16.2. The summed E-state index contributed by atoms with van der Waals surface area (Å²) < 4.78 is 16.2. The third-order valence-corrected chi connectivity index (χ3v) is 14.0. The van der Waals surface area contributed by atoms with Gasteiger partial charge in [-0.25, -0.2) is 4.39 Å². The molecule has 6 N–H and O–H groups in total. The van der Waals surface area contributed by atoms with Gasteiger partial charge in [0.2, 0.25) is 23.6 Å². The minimum atomic E-state index is -1.36. The number of hydrogen-bond acceptors (Lipinski definition) is 8. The highest BCUT2D eigenvalue weighted by molar-refractivity contribution is 6.31. The largest absolute Gasteiger partial charge is 0.385 e. The summed E-state index contributed by atoms with van der Waals surface area (Å²) in [6, 6.07) is 20.1. The normalized spacial score (nSPS) is 23.3. The predicted molar refractivity (Wildman–Crippen MR) is 236 cm³/mol. The number of piperidine rings is 1. The number of rotatable bonds is 11. The fourth-order valence-corrected chi connectivity index (χ4v) is 11.0. The van der Waals surface area contributed by atoms with Gasteiger partial charge in [-0.05, 0) is 97.8 Å². The number of imide groups is 1. The first-order valence-corrected chi connectivity index (χ1v) is 22.2. The Bertz CT molecular complexity index is 2550. The van der Waals surface area contributed by atoms with Gasteiger partial charge in [-0.15, -0.1) is 0 Å². The van der Waals surface area contributed by atoms with E-state index in [1.54, 1.807) is 60.7 Å². The Balaban J connectivity index is 0.836. The first kappa shape index (κ1) is 42.5. The average Bonchev–Trinajstić information content (AvgIpc) is 3.87. The molecule has 63 heavy (non-hydrogen) atoms. The summed E-state index contributed by atoms with van der Waals surface area (Å²) in [6.07, 6.45) is 5.66. The lowest BCUT2D eigenvalue weighted by atomic mass is 9.55. The zero-order valence-electron chi connectivity index (χ0n) is 34.3. The third kappa shape index (κ3) is 7.41. The number of unbranched alkanes of at least 4 members (excludes halogenated alkanes) is 1. The lowest BCUT2D eigenvalue weighted by Crippen LogP contribution is -2.60. The van der Waals surface area contributed by atoms with Gasteiger partial charge in [-0.1, -0.05) is 66.7 Å². The molecule has 3 fully saturated rings. The van der Waals surface area contributed by atoms with Gasteiger partial charge in [-0.3, -0.25) is 39.4 Å². The molecule has 4 heterocycles. The van der Waals surface area contributed by atoms with Crippen molar-refractivity contribution in [3.05, 3.63) is 123 Å². The maximum atomic E-state index is 16.2. The van der Waals surface area contributed by atoms with Crippen molar-refractivity contribution in [3.63, 3.8) is 0 Å². The van der Waals surface area contributed by atoms with Crippen molar-refractivity contribution in [2.45, 2.75) is 93.3 Å². The molecule has 4 atom stereocenters. The summed E-state index contributed by atoms with van der Waals surface area (Å²) in [5, 5.41) is 18.6. The average molecular weight is 895 g/mol. The molecule has 326 valence electrons. The monoisotopic (exact) mass is 893 g/mol. The van der Waals surface area contributed by atoms with Gasteiger partial charge >= 0.3 is 0 Å². The van der Waals surface area contributed by atoms with E-state index in [2.05, 4.69) is 31.9 Å². The fraction of sp³-hybridized carbons (Fsp3) is 0.362. The zero-order valence-corrected chi connectivity index (χ0v) is 35.8. The second-order valence-corrected chi connectivity index (χ2v) is 17.9. The fourth-order valence-electron chi connectivity index (χ4n) is 10.7. The molecule has 0 bridgehead atoms. The van der Waals surface area contributed by atoms with E-state index >= 15 is 4.39 Å². The molecule has 0 radical (unpaired) electrons. The summed E-state index contributed by atoms with van der Waals surface area (Å²) in [5.41, 5.74) is 2.09. The van der Waals surface area contributed by atoms with Crippen LogP contribution in [0.5, 0.6) is 0 Å². The number of benzene rings is 4. The number of halogens is 3. The lowest BCUT2D eigenvalue weighted by Gasteiger charge is -2.47. The van der Waals surface area contributed by atoms with Crippen LogP contribution in [0.1, 0.15) is 101 Å². The van der Waals surface area contributed by atoms with Crippen molar-refractivity contribution in [1.29, 1.82) is 0 Å². The molecular formula is C47H46Cl2FN7O6. The van der Waals surface area contributed by atoms with E-state index in [4.69, 9.17) is 23.2 Å². The number of nitrogens with zero attached hydrogens (tertiary/aromatic N) is 1. The van der Waals surface area contributed by atoms with Crippen LogP contribution in [0.15, 0.2) is 78.9 Å². The Labute approximate surface area is 373 Å². The Morgan fingerprint density at radius 3 is 2.41 bits per heavy atom. The Hall–Kier alpha value is -5.83. The van der Waals surface area contributed by atoms with Crippen LogP contribution >= 0.6 is 23.2 Å². The molecule has 0 aromatic heterocycles. The van der Waals surface area contributed by atoms with Crippen LogP contribution in [-0.2, 0) is 31.1 Å². The van der Waals surface area contributed by atoms with E-state index in [0.29, 0.717) is 71.9 Å². The minimum absolute atomic E-state index is 0.109. The molecular weight excluding hydrogens is 848 g/mol. The number of fused-ring (bicyclic) bond motifs is 4. The molecule has 1 aliphatic carbocycles. The van der Waals surface area contributed by atoms with Gasteiger partial charge < -0.3 is 26.2 Å². The van der Waals surface area contributed by atoms with E-state index < -0.39 is 46.6 Å². The molecule has 4 aromatic carbocycles. The van der Waals surface area contributed by atoms with Crippen LogP contribution in [0.3, 0.4) is 0 Å². The number of amides is 6. The summed E-state index contributed by atoms with van der Waals surface area (Å²) >= 11 is 12.8. The molecule has 1 unspecified atom stereocenters. The van der Waals surface area contributed by atoms with E-state index in [0.717, 1.165) is 36.9 Å². The van der Waals surface area contributed by atoms with Crippen molar-refractivity contribution in [3.8, 4) is 0 Å². The SMILES string of the molecule is O=C1CCC(N2Cc3c(NCCCCNC(=O)c4ccc(NC(=O)[C@@H]5NC6(CCCCC6)[C@@]6(C(=O)Nc7cc(Cl)ccc76)[C@H]5c5cccc(Cl)c5F)cc4)cccc3C2=O)C(=O)N1. The van der Waals surface area contributed by atoms with Gasteiger partial charge in [0.15, 0.2) is 0 Å². The molecule has 5 aliphatic rings. The molecule has 4 aliphatic heterocycles. The highest BCUT2D eigenvalue weighted by Gasteiger charge is 2.72. The molecule has 16 heteroatoms. The summed E-state index contributed by atoms with van der Waals surface area (Å²) in [5.74, 6) is -3.74. The van der Waals surface area contributed by atoms with Crippen molar-refractivity contribution >= 4 is 75.7 Å². The quantitative estimate of drug-likeness (QED) is 0.0704. The predicted octanol–water partition coefficient (Wildman–Crippen LogP) is 6.80. The number of carbonyl (C=O) groups is 6. The Kier molecular flexibility index (Phi) is 11.5. The van der Waals surface area contributed by atoms with Gasteiger partial charge in [0.1, 0.15) is 17.3 Å².